The van der Waals surface area contributed by atoms with Crippen molar-refractivity contribution in [1.82, 2.24) is 24.7 Å². The van der Waals surface area contributed by atoms with Crippen molar-refractivity contribution in [2.45, 2.75) is 32.2 Å². The molecule has 1 aliphatic rings. The van der Waals surface area contributed by atoms with Gasteiger partial charge in [-0.25, -0.2) is 0 Å². The third-order valence-corrected chi connectivity index (χ3v) is 4.94. The summed E-state index contributed by atoms with van der Waals surface area (Å²) in [5, 5.41) is 16.6. The smallest absolute Gasteiger partial charge is 0.185 e. The first-order valence-electron chi connectivity index (χ1n) is 9.07. The molecule has 0 aliphatic carbocycles. The van der Waals surface area contributed by atoms with E-state index in [0.717, 1.165) is 35.9 Å². The minimum atomic E-state index is 0.688. The number of nitrogens with one attached hydrogen (secondary N) is 1. The van der Waals surface area contributed by atoms with E-state index in [2.05, 4.69) is 32.4 Å². The Kier molecular flexibility index (Phi) is 4.61. The molecule has 0 spiro atoms. The highest BCUT2D eigenvalue weighted by Crippen LogP contribution is 2.18. The molecule has 4 rings (SSSR count). The molecule has 0 bridgehead atoms. The molecule has 0 saturated carbocycles. The summed E-state index contributed by atoms with van der Waals surface area (Å²) in [6, 6.07) is 14.7. The van der Waals surface area contributed by atoms with Crippen LogP contribution in [0.4, 0.5) is 5.82 Å². The Bertz CT molecular complexity index is 828. The lowest BCUT2D eigenvalue weighted by molar-refractivity contribution is 0.167. The van der Waals surface area contributed by atoms with Crippen LogP contribution in [-0.2, 0) is 0 Å². The third-order valence-electron chi connectivity index (χ3n) is 4.94. The Morgan fingerprint density at radius 1 is 1.08 bits per heavy atom. The van der Waals surface area contributed by atoms with Crippen LogP contribution >= 0.6 is 0 Å². The van der Waals surface area contributed by atoms with E-state index in [0.29, 0.717) is 6.04 Å². The summed E-state index contributed by atoms with van der Waals surface area (Å²) in [5.74, 6) is 1.62. The second kappa shape index (κ2) is 7.19. The Morgan fingerprint density at radius 2 is 1.96 bits per heavy atom. The fourth-order valence-corrected chi connectivity index (χ4v) is 3.47. The Hall–Kier alpha value is -2.47. The molecule has 130 valence electrons. The van der Waals surface area contributed by atoms with Gasteiger partial charge in [0.25, 0.3) is 0 Å². The third kappa shape index (κ3) is 3.49. The number of benzene rings is 1. The van der Waals surface area contributed by atoms with E-state index in [1.807, 2.05) is 42.5 Å². The number of likely N-dealkylation sites (tertiary alicyclic amines) is 1. The first-order valence-corrected chi connectivity index (χ1v) is 9.07. The van der Waals surface area contributed by atoms with Gasteiger partial charge in [0.15, 0.2) is 11.5 Å². The largest absolute Gasteiger partial charge is 0.367 e. The summed E-state index contributed by atoms with van der Waals surface area (Å²) < 4.78 is 1.81. The van der Waals surface area contributed by atoms with E-state index < -0.39 is 0 Å². The summed E-state index contributed by atoms with van der Waals surface area (Å²) in [7, 11) is 0. The van der Waals surface area contributed by atoms with Gasteiger partial charge in [0.05, 0.1) is 0 Å². The molecule has 0 radical (unpaired) electrons. The molecule has 0 amide bonds. The van der Waals surface area contributed by atoms with E-state index in [4.69, 9.17) is 0 Å². The van der Waals surface area contributed by atoms with Crippen LogP contribution in [0, 0.1) is 0 Å². The lowest BCUT2D eigenvalue weighted by Gasteiger charge is -2.33. The lowest BCUT2D eigenvalue weighted by Crippen LogP contribution is -2.40. The summed E-state index contributed by atoms with van der Waals surface area (Å²) in [4.78, 5) is 2.56. The van der Waals surface area contributed by atoms with Gasteiger partial charge in [-0.2, -0.15) is 4.52 Å². The van der Waals surface area contributed by atoms with Crippen molar-refractivity contribution < 1.29 is 0 Å². The molecular formula is C19H24N6. The van der Waals surface area contributed by atoms with Gasteiger partial charge in [-0.1, -0.05) is 36.8 Å². The lowest BCUT2D eigenvalue weighted by atomic mass is 10.0. The number of anilines is 1. The summed E-state index contributed by atoms with van der Waals surface area (Å²) in [6.07, 6.45) is 3.99. The van der Waals surface area contributed by atoms with Crippen LogP contribution in [0.15, 0.2) is 42.5 Å². The molecule has 1 fully saturated rings. The molecule has 1 N–H and O–H groups in total. The summed E-state index contributed by atoms with van der Waals surface area (Å²) in [6.45, 7) is 5.48. The maximum Gasteiger partial charge on any atom is 0.185 e. The number of hydrogen-bond acceptors (Lipinski definition) is 5. The minimum Gasteiger partial charge on any atom is -0.367 e. The first-order chi connectivity index (χ1) is 12.3. The molecule has 1 aliphatic heterocycles. The van der Waals surface area contributed by atoms with Crippen LogP contribution in [0.25, 0.3) is 17.0 Å². The van der Waals surface area contributed by atoms with Crippen LogP contribution in [-0.4, -0.2) is 50.4 Å². The van der Waals surface area contributed by atoms with E-state index in [9.17, 15) is 0 Å². The molecule has 6 nitrogen and oxygen atoms in total. The van der Waals surface area contributed by atoms with Crippen molar-refractivity contribution >= 4 is 11.5 Å². The number of fused-ring (bicyclic) bond motifs is 1. The number of piperidine rings is 1. The molecule has 1 saturated heterocycles. The van der Waals surface area contributed by atoms with Gasteiger partial charge >= 0.3 is 0 Å². The molecular weight excluding hydrogens is 312 g/mol. The zero-order valence-electron chi connectivity index (χ0n) is 14.6. The van der Waals surface area contributed by atoms with Crippen molar-refractivity contribution in [3.05, 3.63) is 42.5 Å². The van der Waals surface area contributed by atoms with Crippen LogP contribution < -0.4 is 5.32 Å². The molecule has 2 aromatic heterocycles. The van der Waals surface area contributed by atoms with E-state index in [1.165, 1.54) is 25.8 Å². The monoisotopic (exact) mass is 336 g/mol. The normalized spacial score (nSPS) is 18.5. The fraction of sp³-hybridized carbons (Fsp3) is 0.421. The minimum absolute atomic E-state index is 0.688. The van der Waals surface area contributed by atoms with Crippen LogP contribution in [0.2, 0.25) is 0 Å². The highest BCUT2D eigenvalue weighted by Gasteiger charge is 2.17. The van der Waals surface area contributed by atoms with Gasteiger partial charge in [0.2, 0.25) is 0 Å². The summed E-state index contributed by atoms with van der Waals surface area (Å²) >= 11 is 0. The SMILES string of the molecule is CC1CCCCN1CCNc1ccc2nnc(-c3ccccc3)n2n1. The number of rotatable bonds is 5. The van der Waals surface area contributed by atoms with Crippen molar-refractivity contribution in [3.63, 3.8) is 0 Å². The zero-order valence-corrected chi connectivity index (χ0v) is 14.6. The highest BCUT2D eigenvalue weighted by atomic mass is 15.4. The second-order valence-corrected chi connectivity index (χ2v) is 6.69. The topological polar surface area (TPSA) is 58.3 Å². The molecule has 1 aromatic carbocycles. The van der Waals surface area contributed by atoms with Crippen molar-refractivity contribution in [2.75, 3.05) is 25.0 Å². The number of aromatic nitrogens is 4. The molecule has 3 aromatic rings. The second-order valence-electron chi connectivity index (χ2n) is 6.69. The van der Waals surface area contributed by atoms with Gasteiger partial charge in [0.1, 0.15) is 5.82 Å². The Morgan fingerprint density at radius 3 is 2.80 bits per heavy atom. The molecule has 1 atom stereocenters. The van der Waals surface area contributed by atoms with Crippen LogP contribution in [0.3, 0.4) is 0 Å². The van der Waals surface area contributed by atoms with Crippen molar-refractivity contribution in [2.24, 2.45) is 0 Å². The van der Waals surface area contributed by atoms with E-state index in [1.54, 1.807) is 4.52 Å². The molecule has 6 heteroatoms. The predicted molar refractivity (Wildman–Crippen MR) is 99.6 cm³/mol. The highest BCUT2D eigenvalue weighted by molar-refractivity contribution is 5.59. The summed E-state index contributed by atoms with van der Waals surface area (Å²) in [5.41, 5.74) is 1.77. The Labute approximate surface area is 147 Å². The van der Waals surface area contributed by atoms with Crippen LogP contribution in [0.5, 0.6) is 0 Å². The molecule has 25 heavy (non-hydrogen) atoms. The average Bonchev–Trinajstić information content (AvgIpc) is 3.07. The average molecular weight is 336 g/mol. The fourth-order valence-electron chi connectivity index (χ4n) is 3.47. The number of nitrogens with zero attached hydrogens (tertiary/aromatic N) is 5. The van der Waals surface area contributed by atoms with Gasteiger partial charge < -0.3 is 5.32 Å². The number of hydrogen-bond donors (Lipinski definition) is 1. The van der Waals surface area contributed by atoms with Gasteiger partial charge in [0, 0.05) is 24.7 Å². The Balaban J connectivity index is 1.47. The molecule has 3 heterocycles. The molecule has 1 unspecified atom stereocenters. The maximum atomic E-state index is 4.68. The van der Waals surface area contributed by atoms with Gasteiger partial charge in [-0.15, -0.1) is 15.3 Å². The van der Waals surface area contributed by atoms with Crippen molar-refractivity contribution in [3.8, 4) is 11.4 Å². The van der Waals surface area contributed by atoms with Crippen molar-refractivity contribution in [1.29, 1.82) is 0 Å². The maximum absolute atomic E-state index is 4.68. The quantitative estimate of drug-likeness (QED) is 0.776. The predicted octanol–water partition coefficient (Wildman–Crippen LogP) is 3.08. The van der Waals surface area contributed by atoms with Gasteiger partial charge in [-0.05, 0) is 38.4 Å². The zero-order chi connectivity index (χ0) is 17.1. The standard InChI is InChI=1S/C19H24N6/c1-15-7-5-6-13-24(15)14-12-20-17-10-11-18-21-22-19(25(18)23-17)16-8-3-2-4-9-16/h2-4,8-11,15H,5-7,12-14H2,1H3,(H,20,23). The van der Waals surface area contributed by atoms with E-state index >= 15 is 0 Å². The van der Waals surface area contributed by atoms with Gasteiger partial charge in [-0.3, -0.25) is 4.90 Å². The van der Waals surface area contributed by atoms with E-state index in [-0.39, 0.29) is 0 Å². The first kappa shape index (κ1) is 16.0. The van der Waals surface area contributed by atoms with Crippen LogP contribution in [0.1, 0.15) is 26.2 Å².